The topological polar surface area (TPSA) is 89.9 Å². The third-order valence-corrected chi connectivity index (χ3v) is 7.58. The number of hydrogen-bond acceptors (Lipinski definition) is 4. The van der Waals surface area contributed by atoms with Gasteiger partial charge >= 0.3 is 0 Å². The second-order valence-corrected chi connectivity index (χ2v) is 9.86. The number of aromatic amines is 1. The van der Waals surface area contributed by atoms with E-state index >= 15 is 0 Å². The maximum atomic E-state index is 13.2. The van der Waals surface area contributed by atoms with Crippen LogP contribution in [-0.4, -0.2) is 76.7 Å². The second-order valence-electron chi connectivity index (χ2n) is 9.43. The molecule has 9 heteroatoms. The van der Waals surface area contributed by atoms with Gasteiger partial charge in [0, 0.05) is 61.1 Å². The van der Waals surface area contributed by atoms with Crippen LogP contribution >= 0.6 is 11.6 Å². The average Bonchev–Trinajstić information content (AvgIpc) is 3.57. The summed E-state index contributed by atoms with van der Waals surface area (Å²) in [7, 11) is 0. The number of rotatable bonds is 4. The van der Waals surface area contributed by atoms with Crippen molar-refractivity contribution in [3.8, 4) is 0 Å². The summed E-state index contributed by atoms with van der Waals surface area (Å²) in [6.07, 6.45) is 3.08. The zero-order valence-electron chi connectivity index (χ0n) is 19.7. The largest absolute Gasteiger partial charge is 0.459 e. The molecule has 0 spiro atoms. The van der Waals surface area contributed by atoms with Crippen LogP contribution in [0, 0.1) is 11.8 Å². The number of fused-ring (bicyclic) bond motifs is 1. The van der Waals surface area contributed by atoms with Crippen molar-refractivity contribution in [1.29, 1.82) is 0 Å². The highest BCUT2D eigenvalue weighted by atomic mass is 35.5. The van der Waals surface area contributed by atoms with Crippen LogP contribution in [0.3, 0.4) is 0 Å². The Morgan fingerprint density at radius 2 is 1.63 bits per heavy atom. The van der Waals surface area contributed by atoms with E-state index in [4.69, 9.17) is 16.0 Å². The van der Waals surface area contributed by atoms with Crippen molar-refractivity contribution in [1.82, 2.24) is 19.7 Å². The minimum Gasteiger partial charge on any atom is -0.459 e. The summed E-state index contributed by atoms with van der Waals surface area (Å²) < 4.78 is 5.21. The molecule has 5 rings (SSSR count). The van der Waals surface area contributed by atoms with Crippen molar-refractivity contribution in [3.63, 3.8) is 0 Å². The number of aromatic nitrogens is 1. The van der Waals surface area contributed by atoms with Crippen LogP contribution in [0.1, 0.15) is 40.8 Å². The molecule has 0 radical (unpaired) electrons. The molecule has 2 fully saturated rings. The van der Waals surface area contributed by atoms with Crippen LogP contribution < -0.4 is 0 Å². The van der Waals surface area contributed by atoms with Gasteiger partial charge in [-0.15, -0.1) is 0 Å². The molecule has 35 heavy (non-hydrogen) atoms. The molecule has 3 aromatic rings. The van der Waals surface area contributed by atoms with Crippen LogP contribution in [0.4, 0.5) is 0 Å². The Kier molecular flexibility index (Phi) is 6.56. The zero-order chi connectivity index (χ0) is 24.5. The van der Waals surface area contributed by atoms with Crippen LogP contribution in [-0.2, 0) is 4.79 Å². The van der Waals surface area contributed by atoms with Gasteiger partial charge in [-0.2, -0.15) is 0 Å². The Bertz CT molecular complexity index is 1220. The normalized spacial score (nSPS) is 18.2. The van der Waals surface area contributed by atoms with Crippen molar-refractivity contribution >= 4 is 40.2 Å². The number of piperidine rings is 1. The first-order chi connectivity index (χ1) is 16.9. The van der Waals surface area contributed by atoms with E-state index in [2.05, 4.69) is 4.98 Å². The van der Waals surface area contributed by atoms with Gasteiger partial charge in [0.25, 0.3) is 11.8 Å². The van der Waals surface area contributed by atoms with Gasteiger partial charge in [0.05, 0.1) is 6.26 Å². The number of halogens is 1. The van der Waals surface area contributed by atoms with E-state index < -0.39 is 0 Å². The molecule has 2 saturated heterocycles. The number of furan rings is 1. The number of amides is 3. The van der Waals surface area contributed by atoms with Gasteiger partial charge in [-0.1, -0.05) is 18.5 Å². The second kappa shape index (κ2) is 9.77. The number of benzene rings is 1. The van der Waals surface area contributed by atoms with Crippen molar-refractivity contribution in [2.24, 2.45) is 11.8 Å². The third kappa shape index (κ3) is 4.80. The highest BCUT2D eigenvalue weighted by Gasteiger charge is 2.34. The van der Waals surface area contributed by atoms with Crippen LogP contribution in [0.5, 0.6) is 0 Å². The molecule has 1 aromatic carbocycles. The van der Waals surface area contributed by atoms with Crippen LogP contribution in [0.25, 0.3) is 10.9 Å². The summed E-state index contributed by atoms with van der Waals surface area (Å²) in [5.41, 5.74) is 1.45. The lowest BCUT2D eigenvalue weighted by Gasteiger charge is -2.39. The Hall–Kier alpha value is -3.26. The van der Waals surface area contributed by atoms with E-state index in [0.717, 1.165) is 23.7 Å². The van der Waals surface area contributed by atoms with E-state index in [1.54, 1.807) is 23.1 Å². The molecule has 0 saturated carbocycles. The Morgan fingerprint density at radius 1 is 0.943 bits per heavy atom. The van der Waals surface area contributed by atoms with Gasteiger partial charge in [0.1, 0.15) is 5.69 Å². The molecule has 1 N–H and O–H groups in total. The molecule has 2 aliphatic heterocycles. The fourth-order valence-electron chi connectivity index (χ4n) is 5.17. The number of nitrogens with one attached hydrogen (secondary N) is 1. The third-order valence-electron chi connectivity index (χ3n) is 7.35. The number of carbonyl (C=O) groups excluding carboxylic acids is 3. The number of piperazine rings is 1. The molecule has 0 aliphatic carbocycles. The molecule has 0 bridgehead atoms. The lowest BCUT2D eigenvalue weighted by atomic mass is 9.84. The Labute approximate surface area is 208 Å². The van der Waals surface area contributed by atoms with E-state index in [9.17, 15) is 14.4 Å². The molecule has 2 aliphatic rings. The number of hydrogen-bond donors (Lipinski definition) is 1. The average molecular weight is 497 g/mol. The van der Waals surface area contributed by atoms with Gasteiger partial charge in [-0.05, 0) is 55.2 Å². The fraction of sp³-hybridized carbons (Fsp3) is 0.423. The number of H-pyrrole nitrogens is 1. The molecule has 2 aromatic heterocycles. The quantitative estimate of drug-likeness (QED) is 0.593. The number of likely N-dealkylation sites (tertiary alicyclic amines) is 1. The molecular formula is C26H29ClN4O4. The SMILES string of the molecule is CC(C(=O)N1CCN(C(=O)c2ccco2)CC1)C1CCN(C(=O)c2cc3cc(Cl)ccc3[nH]2)CC1. The van der Waals surface area contributed by atoms with Gasteiger partial charge in [0.15, 0.2) is 5.76 Å². The van der Waals surface area contributed by atoms with Crippen molar-refractivity contribution in [2.45, 2.75) is 19.8 Å². The molecule has 4 heterocycles. The summed E-state index contributed by atoms with van der Waals surface area (Å²) in [6.45, 7) is 5.30. The lowest BCUT2D eigenvalue weighted by Crippen LogP contribution is -2.52. The fourth-order valence-corrected chi connectivity index (χ4v) is 5.35. The summed E-state index contributed by atoms with van der Waals surface area (Å²) in [5, 5.41) is 1.56. The summed E-state index contributed by atoms with van der Waals surface area (Å²) in [6, 6.07) is 10.7. The van der Waals surface area contributed by atoms with Gasteiger partial charge in [0.2, 0.25) is 5.91 Å². The first-order valence-electron chi connectivity index (χ1n) is 12.1. The first kappa shape index (κ1) is 23.5. The molecule has 184 valence electrons. The van der Waals surface area contributed by atoms with Crippen molar-refractivity contribution in [2.75, 3.05) is 39.3 Å². The Balaban J connectivity index is 1.12. The highest BCUT2D eigenvalue weighted by Crippen LogP contribution is 2.28. The summed E-state index contributed by atoms with van der Waals surface area (Å²) >= 11 is 6.06. The molecule has 1 unspecified atom stereocenters. The number of nitrogens with zero attached hydrogens (tertiary/aromatic N) is 3. The van der Waals surface area contributed by atoms with E-state index in [1.165, 1.54) is 6.26 Å². The molecular weight excluding hydrogens is 468 g/mol. The minimum atomic E-state index is -0.134. The lowest BCUT2D eigenvalue weighted by molar-refractivity contribution is -0.138. The predicted molar refractivity (Wildman–Crippen MR) is 132 cm³/mol. The van der Waals surface area contributed by atoms with Crippen LogP contribution in [0.2, 0.25) is 5.02 Å². The predicted octanol–water partition coefficient (Wildman–Crippen LogP) is 3.89. The van der Waals surface area contributed by atoms with E-state index in [1.807, 2.05) is 34.9 Å². The van der Waals surface area contributed by atoms with E-state index in [0.29, 0.717) is 55.7 Å². The molecule has 3 amide bonds. The number of carbonyl (C=O) groups is 3. The standard InChI is InChI=1S/C26H29ClN4O4/c1-17(24(32)30-10-12-31(13-11-30)26(34)23-3-2-14-35-23)18-6-8-29(9-7-18)25(33)22-16-19-15-20(27)4-5-21(19)28-22/h2-5,14-18,28H,6-13H2,1H3. The van der Waals surface area contributed by atoms with Gasteiger partial charge < -0.3 is 24.1 Å². The van der Waals surface area contributed by atoms with Crippen LogP contribution in [0.15, 0.2) is 47.1 Å². The monoisotopic (exact) mass is 496 g/mol. The van der Waals surface area contributed by atoms with E-state index in [-0.39, 0.29) is 29.6 Å². The van der Waals surface area contributed by atoms with Gasteiger partial charge in [-0.3, -0.25) is 14.4 Å². The molecule has 1 atom stereocenters. The smallest absolute Gasteiger partial charge is 0.289 e. The van der Waals surface area contributed by atoms with Crippen molar-refractivity contribution < 1.29 is 18.8 Å². The maximum absolute atomic E-state index is 13.2. The molecule has 8 nitrogen and oxygen atoms in total. The van der Waals surface area contributed by atoms with Crippen molar-refractivity contribution in [3.05, 3.63) is 59.1 Å². The Morgan fingerprint density at radius 3 is 2.31 bits per heavy atom. The highest BCUT2D eigenvalue weighted by molar-refractivity contribution is 6.31. The maximum Gasteiger partial charge on any atom is 0.289 e. The first-order valence-corrected chi connectivity index (χ1v) is 12.5. The van der Waals surface area contributed by atoms with Gasteiger partial charge in [-0.25, -0.2) is 0 Å². The minimum absolute atomic E-state index is 0.0212. The summed E-state index contributed by atoms with van der Waals surface area (Å²) in [4.78, 5) is 47.3. The summed E-state index contributed by atoms with van der Waals surface area (Å²) in [5.74, 6) is 0.422. The zero-order valence-corrected chi connectivity index (χ0v) is 20.5.